The van der Waals surface area contributed by atoms with E-state index < -0.39 is 8.80 Å². The first kappa shape index (κ1) is 23.8. The van der Waals surface area contributed by atoms with Gasteiger partial charge in [-0.1, -0.05) is 48.6 Å². The molecule has 0 fully saturated rings. The molecule has 0 saturated heterocycles. The average molecular weight is 448 g/mol. The molecule has 0 atom stereocenters. The first-order valence-electron chi connectivity index (χ1n) is 10.7. The van der Waals surface area contributed by atoms with Gasteiger partial charge in [0.2, 0.25) is 0 Å². The summed E-state index contributed by atoms with van der Waals surface area (Å²) < 4.78 is 18.6. The minimum Gasteiger partial charge on any atom is -0.377 e. The number of rotatable bonds is 11. The Morgan fingerprint density at radius 3 is 1.59 bits per heavy atom. The average Bonchev–Trinajstić information content (AvgIpc) is 2.86. The number of hydrogen-bond donors (Lipinski definition) is 0. The Balaban J connectivity index is 1.51. The highest BCUT2D eigenvalue weighted by atomic mass is 28.4. The van der Waals surface area contributed by atoms with Gasteiger partial charge in [0, 0.05) is 58.3 Å². The zero-order valence-electron chi connectivity index (χ0n) is 19.0. The lowest BCUT2D eigenvalue weighted by Crippen LogP contribution is -2.44. The highest BCUT2D eigenvalue weighted by molar-refractivity contribution is 6.60. The van der Waals surface area contributed by atoms with Crippen molar-refractivity contribution in [2.24, 2.45) is 0 Å². The third-order valence-electron chi connectivity index (χ3n) is 5.33. The van der Waals surface area contributed by atoms with Crippen LogP contribution in [0.4, 0.5) is 0 Å². The monoisotopic (exact) mass is 447 g/mol. The molecule has 32 heavy (non-hydrogen) atoms. The number of aryl methyl sites for hydroxylation is 1. The minimum atomic E-state index is -2.49. The van der Waals surface area contributed by atoms with Gasteiger partial charge in [0.1, 0.15) is 6.54 Å². The van der Waals surface area contributed by atoms with E-state index in [1.165, 1.54) is 11.1 Å². The summed E-state index contributed by atoms with van der Waals surface area (Å²) in [6, 6.07) is 17.5. The normalized spacial score (nSPS) is 12.1. The second kappa shape index (κ2) is 12.2. The molecule has 0 aliphatic carbocycles. The number of nitrogens with zero attached hydrogens (tertiary/aromatic N) is 2. The largest absolute Gasteiger partial charge is 0.500 e. The van der Waals surface area contributed by atoms with Gasteiger partial charge >= 0.3 is 8.80 Å². The molecule has 0 spiro atoms. The van der Waals surface area contributed by atoms with Crippen LogP contribution < -0.4 is 4.57 Å². The van der Waals surface area contributed by atoms with Gasteiger partial charge in [-0.25, -0.2) is 4.57 Å². The van der Waals surface area contributed by atoms with E-state index in [1.807, 2.05) is 12.1 Å². The molecule has 0 radical (unpaired) electrons. The summed E-state index contributed by atoms with van der Waals surface area (Å²) in [4.78, 5) is 4.04. The molecule has 0 N–H and O–H groups in total. The zero-order chi connectivity index (χ0) is 22.7. The van der Waals surface area contributed by atoms with Gasteiger partial charge in [-0.15, -0.1) is 0 Å². The van der Waals surface area contributed by atoms with Crippen molar-refractivity contribution in [3.8, 4) is 0 Å². The standard InChI is InChI=1S/C26H31N2O3Si/c1-29-32(30-2,31-3)22-4-19-28-20-15-26(16-21-28)12-10-24-7-5-23(6-8-24)9-11-25-13-17-27-18-14-25/h5-18,20-21H,4,19,22H2,1-3H3/q+1. The van der Waals surface area contributed by atoms with Crippen molar-refractivity contribution in [2.75, 3.05) is 21.3 Å². The lowest BCUT2D eigenvalue weighted by atomic mass is 10.1. The molecule has 0 unspecified atom stereocenters. The first-order valence-corrected chi connectivity index (χ1v) is 12.6. The van der Waals surface area contributed by atoms with E-state index in [0.29, 0.717) is 0 Å². The molecular formula is C26H31N2O3Si+. The summed E-state index contributed by atoms with van der Waals surface area (Å²) in [5.74, 6) is 0. The molecule has 166 valence electrons. The molecule has 5 nitrogen and oxygen atoms in total. The first-order chi connectivity index (χ1) is 15.7. The van der Waals surface area contributed by atoms with E-state index in [-0.39, 0.29) is 0 Å². The van der Waals surface area contributed by atoms with Crippen LogP contribution in [0.1, 0.15) is 28.7 Å². The molecule has 0 saturated carbocycles. The fraction of sp³-hybridized carbons (Fsp3) is 0.231. The zero-order valence-corrected chi connectivity index (χ0v) is 20.0. The van der Waals surface area contributed by atoms with Crippen molar-refractivity contribution in [2.45, 2.75) is 19.0 Å². The molecule has 0 aliphatic heterocycles. The van der Waals surface area contributed by atoms with Gasteiger partial charge in [0.15, 0.2) is 12.4 Å². The number of aromatic nitrogens is 2. The topological polar surface area (TPSA) is 44.5 Å². The fourth-order valence-corrected chi connectivity index (χ4v) is 5.04. The molecule has 1 aromatic carbocycles. The molecule has 0 amide bonds. The van der Waals surface area contributed by atoms with Gasteiger partial charge in [0.05, 0.1) is 0 Å². The van der Waals surface area contributed by atoms with E-state index in [0.717, 1.165) is 30.1 Å². The van der Waals surface area contributed by atoms with E-state index in [2.05, 4.69) is 82.6 Å². The Bertz CT molecular complexity index is 991. The number of pyridine rings is 2. The van der Waals surface area contributed by atoms with Crippen molar-refractivity contribution < 1.29 is 17.8 Å². The van der Waals surface area contributed by atoms with E-state index in [1.54, 1.807) is 33.7 Å². The summed E-state index contributed by atoms with van der Waals surface area (Å²) in [6.45, 7) is 0.892. The lowest BCUT2D eigenvalue weighted by Gasteiger charge is -2.23. The van der Waals surface area contributed by atoms with E-state index >= 15 is 0 Å². The van der Waals surface area contributed by atoms with Gasteiger partial charge < -0.3 is 13.3 Å². The Hall–Kier alpha value is -2.90. The van der Waals surface area contributed by atoms with Crippen LogP contribution in [-0.2, 0) is 19.8 Å². The maximum absolute atomic E-state index is 5.48. The van der Waals surface area contributed by atoms with E-state index in [4.69, 9.17) is 13.3 Å². The van der Waals surface area contributed by atoms with Gasteiger partial charge in [-0.3, -0.25) is 4.98 Å². The number of benzene rings is 1. The Morgan fingerprint density at radius 2 is 1.12 bits per heavy atom. The fourth-order valence-electron chi connectivity index (χ4n) is 3.34. The Labute approximate surface area is 192 Å². The predicted octanol–water partition coefficient (Wildman–Crippen LogP) is 4.98. The molecule has 3 rings (SSSR count). The second-order valence-corrected chi connectivity index (χ2v) is 10.5. The van der Waals surface area contributed by atoms with Crippen molar-refractivity contribution >= 4 is 33.1 Å². The summed E-state index contributed by atoms with van der Waals surface area (Å²) in [5, 5.41) is 0. The molecule has 2 heterocycles. The quantitative estimate of drug-likeness (QED) is 0.307. The molecule has 0 bridgehead atoms. The number of hydrogen-bond acceptors (Lipinski definition) is 4. The third-order valence-corrected chi connectivity index (χ3v) is 8.16. The second-order valence-electron chi connectivity index (χ2n) is 7.38. The predicted molar refractivity (Wildman–Crippen MR) is 131 cm³/mol. The molecule has 3 aromatic rings. The highest BCUT2D eigenvalue weighted by Crippen LogP contribution is 2.15. The van der Waals surface area contributed by atoms with Crippen LogP contribution in [-0.4, -0.2) is 35.1 Å². The third kappa shape index (κ3) is 7.07. The maximum atomic E-state index is 5.48. The van der Waals surface area contributed by atoms with Crippen LogP contribution in [0.5, 0.6) is 0 Å². The van der Waals surface area contributed by atoms with Gasteiger partial charge in [-0.05, 0) is 34.4 Å². The van der Waals surface area contributed by atoms with Crippen LogP contribution in [0.15, 0.2) is 73.3 Å². The van der Waals surface area contributed by atoms with Gasteiger partial charge in [0.25, 0.3) is 0 Å². The summed E-state index contributed by atoms with van der Waals surface area (Å²) in [6.07, 6.45) is 17.2. The van der Waals surface area contributed by atoms with Crippen molar-refractivity contribution in [3.63, 3.8) is 0 Å². The maximum Gasteiger partial charge on any atom is 0.500 e. The lowest BCUT2D eigenvalue weighted by molar-refractivity contribution is -0.697. The van der Waals surface area contributed by atoms with Crippen LogP contribution in [0.3, 0.4) is 0 Å². The van der Waals surface area contributed by atoms with Crippen molar-refractivity contribution in [1.82, 2.24) is 4.98 Å². The van der Waals surface area contributed by atoms with Crippen LogP contribution >= 0.6 is 0 Å². The summed E-state index contributed by atoms with van der Waals surface area (Å²) in [5.41, 5.74) is 4.64. The SMILES string of the molecule is CO[Si](CCC[n+]1ccc(C=Cc2ccc(C=Cc3ccncc3)cc2)cc1)(OC)OC. The van der Waals surface area contributed by atoms with Crippen LogP contribution in [0, 0.1) is 0 Å². The Morgan fingerprint density at radius 1 is 0.688 bits per heavy atom. The molecular weight excluding hydrogens is 416 g/mol. The Kier molecular flexibility index (Phi) is 9.07. The van der Waals surface area contributed by atoms with Gasteiger partial charge in [-0.2, -0.15) is 0 Å². The minimum absolute atomic E-state index is 0.791. The summed E-state index contributed by atoms with van der Waals surface area (Å²) >= 11 is 0. The van der Waals surface area contributed by atoms with Crippen molar-refractivity contribution in [3.05, 3.63) is 95.6 Å². The molecule has 6 heteroatoms. The van der Waals surface area contributed by atoms with Crippen LogP contribution in [0.2, 0.25) is 6.04 Å². The molecule has 2 aromatic heterocycles. The highest BCUT2D eigenvalue weighted by Gasteiger charge is 2.37. The van der Waals surface area contributed by atoms with Crippen LogP contribution in [0.25, 0.3) is 24.3 Å². The summed E-state index contributed by atoms with van der Waals surface area (Å²) in [7, 11) is 2.47. The van der Waals surface area contributed by atoms with Crippen molar-refractivity contribution in [1.29, 1.82) is 0 Å². The smallest absolute Gasteiger partial charge is 0.377 e. The van der Waals surface area contributed by atoms with E-state index in [9.17, 15) is 0 Å². The molecule has 0 aliphatic rings.